The van der Waals surface area contributed by atoms with E-state index >= 15 is 0 Å². The van der Waals surface area contributed by atoms with Crippen molar-refractivity contribution in [1.82, 2.24) is 59.0 Å². The van der Waals surface area contributed by atoms with Crippen LogP contribution in [0.3, 0.4) is 0 Å². The van der Waals surface area contributed by atoms with Crippen molar-refractivity contribution in [3.05, 3.63) is 546 Å². The maximum absolute atomic E-state index is 5.11. The number of imidazole rings is 2. The summed E-state index contributed by atoms with van der Waals surface area (Å²) in [6.45, 7) is 0. The quantitative estimate of drug-likeness (QED) is 0.0679. The Kier molecular flexibility index (Phi) is 28.6. The minimum absolute atomic E-state index is 0. The van der Waals surface area contributed by atoms with Gasteiger partial charge in [-0.15, -0.1) is 107 Å². The van der Waals surface area contributed by atoms with Gasteiger partial charge in [0, 0.05) is 77.2 Å². The van der Waals surface area contributed by atoms with Gasteiger partial charge in [-0.25, -0.2) is 34.9 Å². The van der Waals surface area contributed by atoms with E-state index in [1.165, 1.54) is 76.8 Å². The van der Waals surface area contributed by atoms with Crippen molar-refractivity contribution in [2.45, 2.75) is 0 Å². The van der Waals surface area contributed by atoms with Crippen molar-refractivity contribution >= 4 is 54.4 Å². The maximum Gasteiger partial charge on any atom is 3.00 e. The number of hydrogen-bond acceptors (Lipinski definition) is 10. The van der Waals surface area contributed by atoms with Crippen molar-refractivity contribution in [2.24, 2.45) is 14.1 Å². The summed E-state index contributed by atoms with van der Waals surface area (Å²) in [7, 11) is 4.15. The van der Waals surface area contributed by atoms with Gasteiger partial charge in [0.25, 0.3) is 0 Å². The molecular formula is C134H93IrN12. The molecule has 26 aromatic rings. The van der Waals surface area contributed by atoms with Gasteiger partial charge in [0.15, 0.2) is 23.3 Å². The average Bonchev–Trinajstić information content (AvgIpc) is 1.66. The Bertz CT molecular complexity index is 8260. The van der Waals surface area contributed by atoms with Crippen molar-refractivity contribution in [1.29, 1.82) is 0 Å². The second-order valence-electron chi connectivity index (χ2n) is 35.2. The van der Waals surface area contributed by atoms with E-state index in [0.29, 0.717) is 23.3 Å². The largest absolute Gasteiger partial charge is 3.00 e. The van der Waals surface area contributed by atoms with Crippen LogP contribution in [0.15, 0.2) is 528 Å². The second-order valence-corrected chi connectivity index (χ2v) is 35.2. The SMILES string of the molecule is Cn1c(-c2ccc(-c3ccc4ccc(-c5ccc(-c6nc7ccccc7n6C)cc5)cc4c3)cc2)nc2ccccc21.[Ir+3].[c-]1ccc(-c2ccccc2)cc1-c1ccccn1.[c-]1ccccc1-c1ccccn1.[c-]1ccccc1-c1ccccn1.c1ccc(-c2cc(-c3ccc(-c4c(-c5ccc(-c6nc(-c7ccccc7)nc(-c7ccccc7)n6)cc5)c5ccccc5c5ccccc45)cc3)nc(-c3ccccc3)n2)cc1. The fraction of sp³-hybridized carbons (Fsp3) is 0.0149. The van der Waals surface area contributed by atoms with Crippen LogP contribution >= 0.6 is 0 Å². The molecule has 0 radical (unpaired) electrons. The first kappa shape index (κ1) is 94.3. The topological polar surface area (TPSA) is 139 Å². The van der Waals surface area contributed by atoms with Crippen molar-refractivity contribution in [2.75, 3.05) is 0 Å². The van der Waals surface area contributed by atoms with Crippen LogP contribution in [0.5, 0.6) is 0 Å². The van der Waals surface area contributed by atoms with Gasteiger partial charge < -0.3 is 24.1 Å². The summed E-state index contributed by atoms with van der Waals surface area (Å²) < 4.78 is 4.32. The number of hydrogen-bond donors (Lipinski definition) is 0. The third-order valence-electron chi connectivity index (χ3n) is 25.9. The minimum atomic E-state index is 0. The standard InChI is InChI=1S/C57H37N5.C38H28N4.C17H12N.2C11H8N.Ir/c1-5-17-38(18-6-1)50-37-51(59-54(58-50)42-19-7-2-8-20-42)39-29-31-40(32-30-39)52-48-27-15-13-25-46(48)47-26-14-16-28-49(47)53(52)41-33-35-45(36-34-41)57-61-55(43-21-9-3-10-22-43)60-56(62-57)44-23-11-4-12-24-44;1-41-35-9-5-3-7-33(35)39-37(41)28-17-11-25(12-18-28)30-21-15-27-16-22-31(24-32(27)23-30)26-13-19-29(20-14-26)38-40-34-8-4-6-10-36(34)42(38)2;1-2-7-14(8-3-1)15-9-6-10-16(13-15)17-11-4-5-12-18-17;2*1-2-6-10(7-3-1)11-8-4-5-9-12-11;/h1-37H;3-24H,1-2H3;1-9,11-13H;2*1-6,8-9H;/q;;3*-1;+3. The van der Waals surface area contributed by atoms with Crippen molar-refractivity contribution < 1.29 is 20.1 Å². The van der Waals surface area contributed by atoms with Gasteiger partial charge in [0.1, 0.15) is 11.6 Å². The normalized spacial score (nSPS) is 10.9. The number of nitrogens with zero attached hydrogens (tertiary/aromatic N) is 12. The van der Waals surface area contributed by atoms with E-state index in [-0.39, 0.29) is 20.1 Å². The number of pyridine rings is 3. The fourth-order valence-electron chi connectivity index (χ4n) is 18.5. The van der Waals surface area contributed by atoms with Crippen LogP contribution in [-0.4, -0.2) is 59.0 Å². The first-order valence-corrected chi connectivity index (χ1v) is 48.6. The third kappa shape index (κ3) is 21.4. The zero-order valence-electron chi connectivity index (χ0n) is 80.4. The molecule has 19 aromatic carbocycles. The molecule has 0 saturated carbocycles. The van der Waals surface area contributed by atoms with Crippen LogP contribution in [0.2, 0.25) is 0 Å². The summed E-state index contributed by atoms with van der Waals surface area (Å²) in [5, 5.41) is 7.26. The van der Waals surface area contributed by atoms with Gasteiger partial charge in [-0.2, -0.15) is 0 Å². The summed E-state index contributed by atoms with van der Waals surface area (Å²) in [4.78, 5) is 47.5. The Morgan fingerprint density at radius 2 is 0.483 bits per heavy atom. The first-order chi connectivity index (χ1) is 72.2. The molecule has 0 unspecified atom stereocenters. The molecule has 7 aromatic heterocycles. The van der Waals surface area contributed by atoms with Crippen LogP contribution in [0, 0.1) is 18.2 Å². The van der Waals surface area contributed by atoms with Crippen LogP contribution in [0.25, 0.3) is 235 Å². The van der Waals surface area contributed by atoms with Gasteiger partial charge >= 0.3 is 20.1 Å². The van der Waals surface area contributed by atoms with E-state index in [9.17, 15) is 0 Å². The molecule has 13 heteroatoms. The molecular weight excluding hydrogens is 1970 g/mol. The van der Waals surface area contributed by atoms with Crippen LogP contribution in [0.4, 0.5) is 0 Å². The van der Waals surface area contributed by atoms with Crippen molar-refractivity contribution in [3.8, 4) is 180 Å². The minimum Gasteiger partial charge on any atom is -0.327 e. The summed E-state index contributed by atoms with van der Waals surface area (Å²) in [6.07, 6.45) is 5.38. The Hall–Kier alpha value is -18.9. The zero-order valence-corrected chi connectivity index (χ0v) is 82.8. The third-order valence-corrected chi connectivity index (χ3v) is 25.9. The molecule has 0 saturated heterocycles. The summed E-state index contributed by atoms with van der Waals surface area (Å²) >= 11 is 0. The van der Waals surface area contributed by atoms with Crippen LogP contribution in [-0.2, 0) is 34.2 Å². The number of fused-ring (bicyclic) bond motifs is 6. The molecule has 12 nitrogen and oxygen atoms in total. The molecule has 0 bridgehead atoms. The van der Waals surface area contributed by atoms with Crippen LogP contribution < -0.4 is 0 Å². The van der Waals surface area contributed by atoms with Gasteiger partial charge in [-0.1, -0.05) is 382 Å². The van der Waals surface area contributed by atoms with E-state index in [1.807, 2.05) is 237 Å². The first-order valence-electron chi connectivity index (χ1n) is 48.6. The molecule has 0 spiro atoms. The second kappa shape index (κ2) is 44.5. The fourth-order valence-corrected chi connectivity index (χ4v) is 18.5. The smallest absolute Gasteiger partial charge is 0.327 e. The van der Waals surface area contributed by atoms with Crippen molar-refractivity contribution in [3.63, 3.8) is 0 Å². The molecule has 0 atom stereocenters. The number of para-hydroxylation sites is 4. The zero-order chi connectivity index (χ0) is 98.1. The number of rotatable bonds is 16. The van der Waals surface area contributed by atoms with Crippen LogP contribution in [0.1, 0.15) is 0 Å². The van der Waals surface area contributed by atoms with E-state index in [2.05, 4.69) is 329 Å². The molecule has 0 amide bonds. The Balaban J connectivity index is 0.000000126. The van der Waals surface area contributed by atoms with E-state index in [1.54, 1.807) is 18.6 Å². The monoisotopic (exact) mass is 2060 g/mol. The Morgan fingerprint density at radius 3 is 0.884 bits per heavy atom. The molecule has 0 aliphatic rings. The molecule has 698 valence electrons. The molecule has 147 heavy (non-hydrogen) atoms. The summed E-state index contributed by atoms with van der Waals surface area (Å²) in [5.74, 6) is 4.56. The molecule has 0 N–H and O–H groups in total. The van der Waals surface area contributed by atoms with E-state index in [0.717, 1.165) is 135 Å². The predicted molar refractivity (Wildman–Crippen MR) is 599 cm³/mol. The van der Waals surface area contributed by atoms with Gasteiger partial charge in [-0.05, 0) is 160 Å². The van der Waals surface area contributed by atoms with Gasteiger partial charge in [-0.3, -0.25) is 0 Å². The molecule has 7 heterocycles. The Morgan fingerprint density at radius 1 is 0.184 bits per heavy atom. The maximum atomic E-state index is 5.11. The number of aryl methyl sites for hydroxylation is 2. The number of aromatic nitrogens is 12. The van der Waals surface area contributed by atoms with E-state index < -0.39 is 0 Å². The van der Waals surface area contributed by atoms with Gasteiger partial charge in [0.2, 0.25) is 0 Å². The van der Waals surface area contributed by atoms with Gasteiger partial charge in [0.05, 0.1) is 33.5 Å². The Labute approximate surface area is 867 Å². The van der Waals surface area contributed by atoms with E-state index in [4.69, 9.17) is 34.9 Å². The summed E-state index contributed by atoms with van der Waals surface area (Å²) in [5.41, 5.74) is 31.9. The molecule has 26 rings (SSSR count). The predicted octanol–water partition coefficient (Wildman–Crippen LogP) is 32.9. The molecule has 0 fully saturated rings. The molecule has 0 aliphatic heterocycles. The average molecular weight is 2060 g/mol. The molecule has 0 aliphatic carbocycles. The summed E-state index contributed by atoms with van der Waals surface area (Å²) in [6, 6.07) is 184. The number of benzene rings is 19.